The normalized spacial score (nSPS) is 15.3. The molecule has 0 N–H and O–H groups in total. The fourth-order valence-corrected chi connectivity index (χ4v) is 14.8. The van der Waals surface area contributed by atoms with Crippen LogP contribution in [0.5, 0.6) is 0 Å². The van der Waals surface area contributed by atoms with Crippen molar-refractivity contribution >= 4 is 38.9 Å². The number of nitrogens with zero attached hydrogens (tertiary/aromatic N) is 2. The molecule has 2 heterocycles. The molecule has 0 bridgehead atoms. The second-order valence-corrected chi connectivity index (χ2v) is 21.0. The molecular weight excluding hydrogens is 917 g/mol. The van der Waals surface area contributed by atoms with Crippen molar-refractivity contribution < 1.29 is 0 Å². The molecule has 13 aromatic rings. The lowest BCUT2D eigenvalue weighted by Crippen LogP contribution is -2.33. The fraction of sp³-hybridized carbons (Fsp3) is 0.0270. The van der Waals surface area contributed by atoms with Crippen LogP contribution in [-0.4, -0.2) is 4.57 Å². The molecule has 2 heteroatoms. The minimum atomic E-state index is -0.550. The first kappa shape index (κ1) is 41.7. The van der Waals surface area contributed by atoms with Gasteiger partial charge in [-0.15, -0.1) is 0 Å². The summed E-state index contributed by atoms with van der Waals surface area (Å²) in [6.07, 6.45) is 0. The van der Waals surface area contributed by atoms with E-state index in [9.17, 15) is 0 Å². The summed E-state index contributed by atoms with van der Waals surface area (Å²) in [5, 5.41) is 2.57. The number of benzene rings is 12. The first-order valence-corrected chi connectivity index (χ1v) is 26.6. The molecule has 12 aromatic carbocycles. The van der Waals surface area contributed by atoms with Crippen LogP contribution >= 0.6 is 0 Å². The third-order valence-electron chi connectivity index (χ3n) is 17.6. The SMILES string of the molecule is c1ccc(-c2ccccc2N(c2cccc(-c3ccc4c(c3)C3(c5ccccc5-4)c4ccccc4-n4c5ccccc5c5cccc3c54)c2)c2cccc3c2-c2ccccc2C32c3ccccc3-c3ccccc32)cc1. The standard InChI is InChI=1S/C74H46N2/c1-2-21-47(22-3-1)51-25-8-15-39-67(51)75(70-42-20-37-64-71(70)58-30-7-13-35-62(58)73(64)59-32-10-4-26-52(59)53-27-5-11-33-60(53)73)50-24-18-23-48(45-50)49-43-44-55-54-28-6-12-34-61(54)74(66(55)46-49)63-36-14-17-41-69(63)76-68-40-16-9-29-56(68)57-31-19-38-65(74)72(57)76/h1-46H. The van der Waals surface area contributed by atoms with Gasteiger partial charge in [0.05, 0.1) is 38.9 Å². The third kappa shape index (κ3) is 5.20. The molecule has 0 saturated heterocycles. The average Bonchev–Trinajstić information content (AvgIpc) is 4.39. The Morgan fingerprint density at radius 1 is 0.276 bits per heavy atom. The summed E-state index contributed by atoms with van der Waals surface area (Å²) >= 11 is 0. The predicted molar refractivity (Wildman–Crippen MR) is 313 cm³/mol. The van der Waals surface area contributed by atoms with Gasteiger partial charge in [-0.05, 0) is 131 Å². The van der Waals surface area contributed by atoms with E-state index in [0.29, 0.717) is 0 Å². The maximum atomic E-state index is 2.55. The topological polar surface area (TPSA) is 8.17 Å². The molecule has 352 valence electrons. The molecule has 3 aliphatic carbocycles. The van der Waals surface area contributed by atoms with Crippen molar-refractivity contribution in [2.24, 2.45) is 0 Å². The van der Waals surface area contributed by atoms with Gasteiger partial charge in [-0.3, -0.25) is 0 Å². The Labute approximate surface area is 441 Å². The minimum absolute atomic E-state index is 0.476. The fourth-order valence-electron chi connectivity index (χ4n) is 14.8. The Morgan fingerprint density at radius 3 is 1.51 bits per heavy atom. The number of hydrogen-bond donors (Lipinski definition) is 0. The highest BCUT2D eigenvalue weighted by molar-refractivity contribution is 6.13. The van der Waals surface area contributed by atoms with E-state index in [1.807, 2.05) is 0 Å². The average molecular weight is 963 g/mol. The van der Waals surface area contributed by atoms with E-state index >= 15 is 0 Å². The van der Waals surface area contributed by atoms with Crippen LogP contribution in [0.2, 0.25) is 0 Å². The zero-order valence-corrected chi connectivity index (χ0v) is 41.5. The molecule has 2 nitrogen and oxygen atoms in total. The van der Waals surface area contributed by atoms with Gasteiger partial charge in [-0.2, -0.15) is 0 Å². The summed E-state index contributed by atoms with van der Waals surface area (Å²) < 4.78 is 2.53. The van der Waals surface area contributed by atoms with Crippen molar-refractivity contribution in [1.82, 2.24) is 4.57 Å². The van der Waals surface area contributed by atoms with Crippen molar-refractivity contribution in [1.29, 1.82) is 0 Å². The summed E-state index contributed by atoms with van der Waals surface area (Å²) in [7, 11) is 0. The van der Waals surface area contributed by atoms with Gasteiger partial charge >= 0.3 is 0 Å². The van der Waals surface area contributed by atoms with Crippen molar-refractivity contribution in [2.75, 3.05) is 4.90 Å². The Hall–Kier alpha value is -9.76. The van der Waals surface area contributed by atoms with E-state index in [1.54, 1.807) is 0 Å². The lowest BCUT2D eigenvalue weighted by Gasteiger charge is -2.39. The second-order valence-electron chi connectivity index (χ2n) is 21.0. The Bertz CT molecular complexity index is 4570. The predicted octanol–water partition coefficient (Wildman–Crippen LogP) is 18.6. The highest BCUT2D eigenvalue weighted by Gasteiger charge is 2.53. The maximum Gasteiger partial charge on any atom is 0.0754 e. The Kier molecular flexibility index (Phi) is 8.44. The number of anilines is 3. The molecule has 0 radical (unpaired) electrons. The van der Waals surface area contributed by atoms with Crippen LogP contribution in [0.15, 0.2) is 279 Å². The first-order valence-electron chi connectivity index (χ1n) is 26.6. The molecule has 0 fully saturated rings. The van der Waals surface area contributed by atoms with Gasteiger partial charge in [0, 0.05) is 27.6 Å². The monoisotopic (exact) mass is 962 g/mol. The van der Waals surface area contributed by atoms with Crippen molar-refractivity contribution in [3.63, 3.8) is 0 Å². The van der Waals surface area contributed by atoms with E-state index in [1.165, 1.54) is 122 Å². The molecule has 4 aliphatic rings. The van der Waals surface area contributed by atoms with Crippen LogP contribution in [0.1, 0.15) is 44.5 Å². The lowest BCUT2D eigenvalue weighted by atomic mass is 9.65. The van der Waals surface area contributed by atoms with Gasteiger partial charge in [0.1, 0.15) is 0 Å². The molecule has 1 unspecified atom stereocenters. The van der Waals surface area contributed by atoms with Crippen molar-refractivity contribution in [3.05, 3.63) is 324 Å². The summed E-state index contributed by atoms with van der Waals surface area (Å²) in [6, 6.07) is 105. The summed E-state index contributed by atoms with van der Waals surface area (Å²) in [5.74, 6) is 0. The molecule has 1 atom stereocenters. The highest BCUT2D eigenvalue weighted by Crippen LogP contribution is 2.66. The zero-order valence-electron chi connectivity index (χ0n) is 41.5. The summed E-state index contributed by atoms with van der Waals surface area (Å²) in [4.78, 5) is 2.55. The van der Waals surface area contributed by atoms with Gasteiger partial charge in [0.2, 0.25) is 0 Å². The number of para-hydroxylation sites is 4. The molecule has 1 aromatic heterocycles. The third-order valence-corrected chi connectivity index (χ3v) is 17.6. The molecule has 76 heavy (non-hydrogen) atoms. The van der Waals surface area contributed by atoms with Crippen LogP contribution < -0.4 is 4.90 Å². The molecular formula is C74H46N2. The lowest BCUT2D eigenvalue weighted by molar-refractivity contribution is 0.749. The van der Waals surface area contributed by atoms with E-state index in [4.69, 9.17) is 0 Å². The zero-order chi connectivity index (χ0) is 49.7. The van der Waals surface area contributed by atoms with Crippen LogP contribution in [0, 0.1) is 0 Å². The number of aromatic nitrogens is 1. The number of hydrogen-bond acceptors (Lipinski definition) is 1. The van der Waals surface area contributed by atoms with E-state index in [2.05, 4.69) is 289 Å². The van der Waals surface area contributed by atoms with Gasteiger partial charge in [0.15, 0.2) is 0 Å². The van der Waals surface area contributed by atoms with Gasteiger partial charge in [-0.1, -0.05) is 237 Å². The number of fused-ring (bicyclic) bond motifs is 22. The molecule has 0 saturated carbocycles. The largest absolute Gasteiger partial charge is 0.309 e. The van der Waals surface area contributed by atoms with Gasteiger partial charge < -0.3 is 9.47 Å². The van der Waals surface area contributed by atoms with Crippen LogP contribution in [0.4, 0.5) is 17.1 Å². The van der Waals surface area contributed by atoms with E-state index < -0.39 is 10.8 Å². The smallest absolute Gasteiger partial charge is 0.0754 e. The molecule has 17 rings (SSSR count). The van der Waals surface area contributed by atoms with Crippen LogP contribution in [0.3, 0.4) is 0 Å². The van der Waals surface area contributed by atoms with Crippen molar-refractivity contribution in [3.8, 4) is 61.3 Å². The van der Waals surface area contributed by atoms with E-state index in [0.717, 1.165) is 22.6 Å². The molecule has 0 amide bonds. The highest BCUT2D eigenvalue weighted by atomic mass is 15.1. The Morgan fingerprint density at radius 2 is 0.763 bits per heavy atom. The minimum Gasteiger partial charge on any atom is -0.309 e. The van der Waals surface area contributed by atoms with Gasteiger partial charge in [0.25, 0.3) is 0 Å². The Balaban J connectivity index is 0.911. The van der Waals surface area contributed by atoms with Gasteiger partial charge in [-0.25, -0.2) is 0 Å². The van der Waals surface area contributed by atoms with E-state index in [-0.39, 0.29) is 0 Å². The van der Waals surface area contributed by atoms with Crippen LogP contribution in [0.25, 0.3) is 83.1 Å². The molecule has 2 spiro atoms. The molecule has 1 aliphatic heterocycles. The summed E-state index contributed by atoms with van der Waals surface area (Å²) in [6.45, 7) is 0. The maximum absolute atomic E-state index is 2.55. The van der Waals surface area contributed by atoms with Crippen LogP contribution in [-0.2, 0) is 10.8 Å². The van der Waals surface area contributed by atoms with Crippen molar-refractivity contribution in [2.45, 2.75) is 10.8 Å². The second kappa shape index (κ2) is 15.4. The quantitative estimate of drug-likeness (QED) is 0.167. The number of rotatable bonds is 5. The first-order chi connectivity index (χ1) is 37.7. The summed E-state index contributed by atoms with van der Waals surface area (Å²) in [5.41, 5.74) is 29.1.